The molecule has 2 N–H and O–H groups in total. The summed E-state index contributed by atoms with van der Waals surface area (Å²) in [6.07, 6.45) is 2.29. The third kappa shape index (κ3) is 4.00. The Kier molecular flexibility index (Phi) is 5.10. The van der Waals surface area contributed by atoms with Gasteiger partial charge in [0.05, 0.1) is 12.6 Å². The molecule has 6 heteroatoms. The molecule has 2 amide bonds. The molecule has 1 aliphatic heterocycles. The smallest absolute Gasteiger partial charge is 0.237 e. The molecular formula is C12H20N4O2. The molecule has 1 saturated heterocycles. The van der Waals surface area contributed by atoms with Crippen molar-refractivity contribution in [2.45, 2.75) is 38.3 Å². The summed E-state index contributed by atoms with van der Waals surface area (Å²) in [7, 11) is 0. The van der Waals surface area contributed by atoms with Crippen molar-refractivity contribution in [2.75, 3.05) is 19.6 Å². The standard InChI is InChI=1S/C12H20N4O2/c1-12(2,8-14-9-17)15-7-11(18)16-5-3-4-10(16)6-13/h9-10,15H,3-5,7-8H2,1-2H3,(H,14,17)/t10-/m0/s1. The Bertz CT molecular complexity index is 348. The Morgan fingerprint density at radius 2 is 2.33 bits per heavy atom. The molecule has 0 aromatic carbocycles. The Balaban J connectivity index is 2.41. The summed E-state index contributed by atoms with van der Waals surface area (Å²) in [6.45, 7) is 5.11. The van der Waals surface area contributed by atoms with E-state index in [-0.39, 0.29) is 24.0 Å². The maximum absolute atomic E-state index is 12.0. The molecule has 0 spiro atoms. The molecule has 0 aliphatic carbocycles. The van der Waals surface area contributed by atoms with E-state index in [1.165, 1.54) is 0 Å². The van der Waals surface area contributed by atoms with Gasteiger partial charge >= 0.3 is 0 Å². The number of hydrogen-bond donors (Lipinski definition) is 2. The van der Waals surface area contributed by atoms with Crippen molar-refractivity contribution >= 4 is 12.3 Å². The summed E-state index contributed by atoms with van der Waals surface area (Å²) in [5.74, 6) is -0.0572. The number of nitriles is 1. The first-order valence-corrected chi connectivity index (χ1v) is 6.11. The van der Waals surface area contributed by atoms with E-state index in [4.69, 9.17) is 5.26 Å². The van der Waals surface area contributed by atoms with E-state index in [1.807, 2.05) is 13.8 Å². The third-order valence-electron chi connectivity index (χ3n) is 3.07. The summed E-state index contributed by atoms with van der Waals surface area (Å²) >= 11 is 0. The quantitative estimate of drug-likeness (QED) is 0.631. The van der Waals surface area contributed by atoms with Crippen LogP contribution in [0.25, 0.3) is 0 Å². The van der Waals surface area contributed by atoms with Crippen LogP contribution in [-0.2, 0) is 9.59 Å². The van der Waals surface area contributed by atoms with Crippen LogP contribution in [0.3, 0.4) is 0 Å². The predicted molar refractivity (Wildman–Crippen MR) is 66.5 cm³/mol. The van der Waals surface area contributed by atoms with Crippen molar-refractivity contribution in [3.63, 3.8) is 0 Å². The molecule has 1 aliphatic rings. The second-order valence-corrected chi connectivity index (χ2v) is 5.11. The second-order valence-electron chi connectivity index (χ2n) is 5.11. The van der Waals surface area contributed by atoms with Gasteiger partial charge in [0.15, 0.2) is 0 Å². The first-order chi connectivity index (χ1) is 8.50. The predicted octanol–water partition coefficient (Wildman–Crippen LogP) is -0.385. The SMILES string of the molecule is CC(C)(CNC=O)NCC(=O)N1CCC[C@H]1C#N. The number of nitrogens with zero attached hydrogens (tertiary/aromatic N) is 2. The van der Waals surface area contributed by atoms with Crippen LogP contribution in [0.15, 0.2) is 0 Å². The van der Waals surface area contributed by atoms with Gasteiger partial charge in [-0.05, 0) is 26.7 Å². The minimum absolute atomic E-state index is 0.0572. The Morgan fingerprint density at radius 1 is 1.61 bits per heavy atom. The molecule has 1 atom stereocenters. The maximum Gasteiger partial charge on any atom is 0.237 e. The van der Waals surface area contributed by atoms with Crippen LogP contribution in [0.4, 0.5) is 0 Å². The highest BCUT2D eigenvalue weighted by Crippen LogP contribution is 2.16. The van der Waals surface area contributed by atoms with Crippen LogP contribution >= 0.6 is 0 Å². The zero-order valence-corrected chi connectivity index (χ0v) is 10.9. The second kappa shape index (κ2) is 6.36. The van der Waals surface area contributed by atoms with E-state index in [0.29, 0.717) is 19.5 Å². The largest absolute Gasteiger partial charge is 0.357 e. The van der Waals surface area contributed by atoms with Crippen molar-refractivity contribution in [1.82, 2.24) is 15.5 Å². The van der Waals surface area contributed by atoms with Crippen LogP contribution in [0.1, 0.15) is 26.7 Å². The summed E-state index contributed by atoms with van der Waals surface area (Å²) in [6, 6.07) is 1.86. The van der Waals surface area contributed by atoms with Gasteiger partial charge in [-0.3, -0.25) is 9.59 Å². The molecule has 0 bridgehead atoms. The number of carbonyl (C=O) groups is 2. The van der Waals surface area contributed by atoms with E-state index in [9.17, 15) is 9.59 Å². The van der Waals surface area contributed by atoms with Gasteiger partial charge in [0.25, 0.3) is 0 Å². The average molecular weight is 252 g/mol. The van der Waals surface area contributed by atoms with E-state index >= 15 is 0 Å². The van der Waals surface area contributed by atoms with E-state index in [2.05, 4.69) is 16.7 Å². The van der Waals surface area contributed by atoms with Crippen LogP contribution in [0.2, 0.25) is 0 Å². The lowest BCUT2D eigenvalue weighted by atomic mass is 10.1. The molecule has 1 rings (SSSR count). The Hall–Kier alpha value is -1.61. The van der Waals surface area contributed by atoms with Crippen molar-refractivity contribution in [1.29, 1.82) is 5.26 Å². The topological polar surface area (TPSA) is 85.2 Å². The molecule has 0 saturated carbocycles. The van der Waals surface area contributed by atoms with E-state index < -0.39 is 0 Å². The Morgan fingerprint density at radius 3 is 2.94 bits per heavy atom. The number of nitrogens with one attached hydrogen (secondary N) is 2. The van der Waals surface area contributed by atoms with Gasteiger partial charge in [-0.15, -0.1) is 0 Å². The van der Waals surface area contributed by atoms with E-state index in [0.717, 1.165) is 12.8 Å². The fourth-order valence-corrected chi connectivity index (χ4v) is 1.98. The fourth-order valence-electron chi connectivity index (χ4n) is 1.98. The molecule has 6 nitrogen and oxygen atoms in total. The van der Waals surface area contributed by atoms with Gasteiger partial charge < -0.3 is 15.5 Å². The highest BCUT2D eigenvalue weighted by Gasteiger charge is 2.29. The van der Waals surface area contributed by atoms with Gasteiger partial charge in [0, 0.05) is 18.6 Å². The average Bonchev–Trinajstić information content (AvgIpc) is 2.82. The van der Waals surface area contributed by atoms with Crippen LogP contribution in [0.5, 0.6) is 0 Å². The minimum atomic E-state index is -0.349. The number of carbonyl (C=O) groups excluding carboxylic acids is 2. The van der Waals surface area contributed by atoms with Gasteiger partial charge in [0.1, 0.15) is 6.04 Å². The molecule has 1 fully saturated rings. The zero-order chi connectivity index (χ0) is 13.6. The molecule has 0 unspecified atom stereocenters. The molecule has 100 valence electrons. The molecule has 18 heavy (non-hydrogen) atoms. The summed E-state index contributed by atoms with van der Waals surface area (Å²) in [4.78, 5) is 23.8. The maximum atomic E-state index is 12.0. The molecule has 0 aromatic heterocycles. The van der Waals surface area contributed by atoms with Crippen LogP contribution in [-0.4, -0.2) is 48.4 Å². The normalized spacial score (nSPS) is 19.4. The number of likely N-dealkylation sites (tertiary alicyclic amines) is 1. The van der Waals surface area contributed by atoms with Crippen LogP contribution in [0, 0.1) is 11.3 Å². The lowest BCUT2D eigenvalue weighted by Gasteiger charge is -2.27. The van der Waals surface area contributed by atoms with Crippen molar-refractivity contribution in [3.8, 4) is 6.07 Å². The fraction of sp³-hybridized carbons (Fsp3) is 0.750. The van der Waals surface area contributed by atoms with Crippen molar-refractivity contribution in [2.24, 2.45) is 0 Å². The monoisotopic (exact) mass is 252 g/mol. The molecule has 1 heterocycles. The summed E-state index contributed by atoms with van der Waals surface area (Å²) in [5.41, 5.74) is -0.349. The van der Waals surface area contributed by atoms with Crippen molar-refractivity contribution in [3.05, 3.63) is 0 Å². The van der Waals surface area contributed by atoms with Crippen molar-refractivity contribution < 1.29 is 9.59 Å². The number of rotatable bonds is 6. The molecule has 0 radical (unpaired) electrons. The van der Waals surface area contributed by atoms with Gasteiger partial charge in [-0.2, -0.15) is 5.26 Å². The first kappa shape index (κ1) is 14.5. The van der Waals surface area contributed by atoms with Gasteiger partial charge in [-0.1, -0.05) is 0 Å². The molecule has 0 aromatic rings. The highest BCUT2D eigenvalue weighted by molar-refractivity contribution is 5.79. The van der Waals surface area contributed by atoms with E-state index in [1.54, 1.807) is 4.90 Å². The zero-order valence-electron chi connectivity index (χ0n) is 10.9. The summed E-state index contributed by atoms with van der Waals surface area (Å²) in [5, 5.41) is 14.6. The van der Waals surface area contributed by atoms with Crippen LogP contribution < -0.4 is 10.6 Å². The number of hydrogen-bond acceptors (Lipinski definition) is 4. The Labute approximate surface area is 107 Å². The lowest BCUT2D eigenvalue weighted by Crippen LogP contribution is -2.51. The lowest BCUT2D eigenvalue weighted by molar-refractivity contribution is -0.130. The first-order valence-electron chi connectivity index (χ1n) is 6.11. The highest BCUT2D eigenvalue weighted by atomic mass is 16.2. The van der Waals surface area contributed by atoms with Gasteiger partial charge in [0.2, 0.25) is 12.3 Å². The minimum Gasteiger partial charge on any atom is -0.357 e. The van der Waals surface area contributed by atoms with Gasteiger partial charge in [-0.25, -0.2) is 0 Å². The molecular weight excluding hydrogens is 232 g/mol. The summed E-state index contributed by atoms with van der Waals surface area (Å²) < 4.78 is 0. The number of amides is 2. The third-order valence-corrected chi connectivity index (χ3v) is 3.07.